The van der Waals surface area contributed by atoms with Crippen LogP contribution in [0.25, 0.3) is 0 Å². The molecule has 8 atom stereocenters. The molecular formula is C39H70N4O3. The van der Waals surface area contributed by atoms with E-state index in [1.54, 1.807) is 5.57 Å². The number of allylic oxidation sites excluding steroid dienone is 1. The van der Waals surface area contributed by atoms with Crippen LogP contribution in [0.5, 0.6) is 0 Å². The van der Waals surface area contributed by atoms with Crippen LogP contribution in [0.1, 0.15) is 130 Å². The second kappa shape index (κ2) is 19.5. The zero-order valence-corrected chi connectivity index (χ0v) is 29.9. The quantitative estimate of drug-likeness (QED) is 0.0763. The van der Waals surface area contributed by atoms with Crippen molar-refractivity contribution >= 4 is 11.9 Å². The van der Waals surface area contributed by atoms with Gasteiger partial charge in [0.05, 0.1) is 6.42 Å². The Labute approximate surface area is 281 Å². The molecule has 1 amide bonds. The van der Waals surface area contributed by atoms with Gasteiger partial charge in [0.15, 0.2) is 0 Å². The van der Waals surface area contributed by atoms with E-state index < -0.39 is 0 Å². The molecule has 4 aliphatic rings. The molecule has 3 saturated carbocycles. The maximum atomic E-state index is 13.1. The van der Waals surface area contributed by atoms with Crippen molar-refractivity contribution in [2.24, 2.45) is 58.8 Å². The summed E-state index contributed by atoms with van der Waals surface area (Å²) >= 11 is 0. The Morgan fingerprint density at radius 1 is 0.870 bits per heavy atom. The highest BCUT2D eigenvalue weighted by Gasteiger charge is 2.51. The first kappa shape index (κ1) is 37.4. The van der Waals surface area contributed by atoms with Gasteiger partial charge in [-0.2, -0.15) is 0 Å². The van der Waals surface area contributed by atoms with Crippen molar-refractivity contribution in [3.8, 4) is 0 Å². The van der Waals surface area contributed by atoms with E-state index in [4.69, 9.17) is 16.2 Å². The lowest BCUT2D eigenvalue weighted by Gasteiger charge is -2.53. The number of unbranched alkanes of at least 4 members (excludes halogenated alkanes) is 1. The maximum absolute atomic E-state index is 13.1. The van der Waals surface area contributed by atoms with E-state index in [2.05, 4.69) is 32.2 Å². The van der Waals surface area contributed by atoms with Crippen LogP contribution >= 0.6 is 0 Å². The van der Waals surface area contributed by atoms with E-state index >= 15 is 0 Å². The Morgan fingerprint density at radius 2 is 1.65 bits per heavy atom. The average molecular weight is 643 g/mol. The topological polar surface area (TPSA) is 111 Å². The summed E-state index contributed by atoms with van der Waals surface area (Å²) in [5.41, 5.74) is 12.9. The molecule has 0 aliphatic heterocycles. The molecule has 0 aromatic heterocycles. The highest BCUT2D eigenvalue weighted by molar-refractivity contribution is 5.81. The van der Waals surface area contributed by atoms with Crippen LogP contribution in [0.15, 0.2) is 11.6 Å². The molecule has 4 aliphatic carbocycles. The lowest BCUT2D eigenvalue weighted by molar-refractivity contribution is -0.152. The zero-order valence-electron chi connectivity index (χ0n) is 29.9. The molecular weight excluding hydrogens is 572 g/mol. The number of rotatable bonds is 20. The fourth-order valence-electron chi connectivity index (χ4n) is 9.84. The van der Waals surface area contributed by atoms with E-state index in [0.29, 0.717) is 38.0 Å². The van der Waals surface area contributed by atoms with E-state index in [1.807, 2.05) is 4.90 Å². The third-order valence-electron chi connectivity index (χ3n) is 12.2. The van der Waals surface area contributed by atoms with Crippen molar-refractivity contribution in [2.45, 2.75) is 136 Å². The number of hydrogen-bond donors (Lipinski definition) is 3. The first-order valence-corrected chi connectivity index (χ1v) is 19.6. The van der Waals surface area contributed by atoms with E-state index in [0.717, 1.165) is 93.5 Å². The summed E-state index contributed by atoms with van der Waals surface area (Å²) in [7, 11) is 0. The van der Waals surface area contributed by atoms with E-state index in [9.17, 15) is 9.59 Å². The van der Waals surface area contributed by atoms with Gasteiger partial charge in [-0.05, 0) is 131 Å². The molecule has 0 aromatic rings. The SMILES string of the molecule is CC(C)CCC[C@@H](C)C1C=C2CC(OC(=O)CCC(=O)N(CCCN)CCCCNCCCN)CCC2C2CCC3CCCC3C21. The Balaban J connectivity index is 1.29. The van der Waals surface area contributed by atoms with Crippen molar-refractivity contribution < 1.29 is 14.3 Å². The summed E-state index contributed by atoms with van der Waals surface area (Å²) in [5, 5.41) is 3.40. The van der Waals surface area contributed by atoms with Crippen molar-refractivity contribution in [3.63, 3.8) is 0 Å². The molecule has 0 radical (unpaired) electrons. The average Bonchev–Trinajstić information content (AvgIpc) is 3.53. The monoisotopic (exact) mass is 643 g/mol. The van der Waals surface area contributed by atoms with Gasteiger partial charge in [0, 0.05) is 25.9 Å². The zero-order chi connectivity index (χ0) is 32.9. The molecule has 7 nitrogen and oxygen atoms in total. The predicted octanol–water partition coefficient (Wildman–Crippen LogP) is 6.84. The summed E-state index contributed by atoms with van der Waals surface area (Å²) in [6, 6.07) is 0. The molecule has 264 valence electrons. The summed E-state index contributed by atoms with van der Waals surface area (Å²) in [5.74, 6) is 6.30. The lowest BCUT2D eigenvalue weighted by Crippen LogP contribution is -2.46. The summed E-state index contributed by atoms with van der Waals surface area (Å²) in [4.78, 5) is 28.0. The van der Waals surface area contributed by atoms with Gasteiger partial charge >= 0.3 is 5.97 Å². The van der Waals surface area contributed by atoms with Crippen LogP contribution in [-0.2, 0) is 14.3 Å². The summed E-state index contributed by atoms with van der Waals surface area (Å²) in [6.07, 6.45) is 21.0. The minimum atomic E-state index is -0.209. The highest BCUT2D eigenvalue weighted by atomic mass is 16.5. The summed E-state index contributed by atoms with van der Waals surface area (Å²) < 4.78 is 6.10. The number of nitrogens with zero attached hydrogens (tertiary/aromatic N) is 1. The van der Waals surface area contributed by atoms with Crippen LogP contribution in [0.3, 0.4) is 0 Å². The minimum absolute atomic E-state index is 0.0403. The first-order chi connectivity index (χ1) is 22.3. The number of nitrogens with one attached hydrogen (secondary N) is 1. The Hall–Kier alpha value is -1.44. The first-order valence-electron chi connectivity index (χ1n) is 19.6. The van der Waals surface area contributed by atoms with Gasteiger partial charge < -0.3 is 26.4 Å². The normalized spacial score (nSPS) is 29.4. The van der Waals surface area contributed by atoms with E-state index in [-0.39, 0.29) is 30.8 Å². The van der Waals surface area contributed by atoms with Crippen LogP contribution < -0.4 is 16.8 Å². The van der Waals surface area contributed by atoms with Crippen molar-refractivity contribution in [2.75, 3.05) is 39.3 Å². The molecule has 3 fully saturated rings. The molecule has 0 saturated heterocycles. The highest BCUT2D eigenvalue weighted by Crippen LogP contribution is 2.59. The molecule has 46 heavy (non-hydrogen) atoms. The molecule has 4 rings (SSSR count). The van der Waals surface area contributed by atoms with Gasteiger partial charge in [0.25, 0.3) is 0 Å². The second-order valence-corrected chi connectivity index (χ2v) is 15.9. The van der Waals surface area contributed by atoms with Crippen molar-refractivity contribution in [1.29, 1.82) is 0 Å². The molecule has 7 heteroatoms. The molecule has 7 unspecified atom stereocenters. The van der Waals surface area contributed by atoms with Crippen molar-refractivity contribution in [1.82, 2.24) is 10.2 Å². The third kappa shape index (κ3) is 10.8. The number of nitrogens with two attached hydrogens (primary N) is 2. The maximum Gasteiger partial charge on any atom is 0.306 e. The number of fused-ring (bicyclic) bond motifs is 5. The van der Waals surface area contributed by atoms with E-state index in [1.165, 1.54) is 51.4 Å². The largest absolute Gasteiger partial charge is 0.462 e. The minimum Gasteiger partial charge on any atom is -0.462 e. The second-order valence-electron chi connectivity index (χ2n) is 15.9. The molecule has 0 spiro atoms. The number of amides is 1. The number of hydrogen-bond acceptors (Lipinski definition) is 6. The Bertz CT molecular complexity index is 954. The predicted molar refractivity (Wildman–Crippen MR) is 189 cm³/mol. The third-order valence-corrected chi connectivity index (χ3v) is 12.2. The van der Waals surface area contributed by atoms with Gasteiger partial charge in [0.2, 0.25) is 5.91 Å². The van der Waals surface area contributed by atoms with Gasteiger partial charge in [0.1, 0.15) is 6.10 Å². The van der Waals surface area contributed by atoms with Gasteiger partial charge in [-0.25, -0.2) is 0 Å². The lowest BCUT2D eigenvalue weighted by atomic mass is 9.52. The standard InChI is InChI=1S/C39H70N4O3/c1-28(2)10-6-11-29(3)36-27-31-26-32(15-17-33(31)35-16-14-30-12-7-13-34(30)39(35)36)46-38(45)19-18-37(44)43(25-9-21-41)24-5-4-22-42-23-8-20-40/h27-30,32-36,39,42H,4-26,40-41H2,1-3H3/t29-,30?,32?,33?,34?,35?,36?,39?/m1/s1. The van der Waals surface area contributed by atoms with Gasteiger partial charge in [-0.15, -0.1) is 0 Å². The van der Waals surface area contributed by atoms with Gasteiger partial charge in [-0.1, -0.05) is 64.5 Å². The van der Waals surface area contributed by atoms with Crippen LogP contribution in [0.2, 0.25) is 0 Å². The number of ether oxygens (including phenoxy) is 1. The smallest absolute Gasteiger partial charge is 0.306 e. The van der Waals surface area contributed by atoms with Crippen LogP contribution in [0, 0.1) is 47.3 Å². The number of carbonyl (C=O) groups excluding carboxylic acids is 2. The molecule has 0 bridgehead atoms. The van der Waals surface area contributed by atoms with Gasteiger partial charge in [-0.3, -0.25) is 9.59 Å². The molecule has 0 heterocycles. The summed E-state index contributed by atoms with van der Waals surface area (Å²) in [6.45, 7) is 11.7. The molecule has 5 N–H and O–H groups in total. The number of esters is 1. The molecule has 0 aromatic carbocycles. The van der Waals surface area contributed by atoms with Crippen LogP contribution in [0.4, 0.5) is 0 Å². The fourth-order valence-corrected chi connectivity index (χ4v) is 9.84. The Morgan fingerprint density at radius 3 is 2.43 bits per heavy atom. The fraction of sp³-hybridized carbons (Fsp3) is 0.897. The van der Waals surface area contributed by atoms with Crippen LogP contribution in [-0.4, -0.2) is 62.1 Å². The number of carbonyl (C=O) groups is 2. The van der Waals surface area contributed by atoms with Crippen molar-refractivity contribution in [3.05, 3.63) is 11.6 Å². The Kier molecular flexibility index (Phi) is 15.9.